The van der Waals surface area contributed by atoms with Gasteiger partial charge in [0.25, 0.3) is 0 Å². The highest BCUT2D eigenvalue weighted by atomic mass is 33.1. The molecular weight excluding hydrogens is 995 g/mol. The first-order valence-electron chi connectivity index (χ1n) is 25.5. The van der Waals surface area contributed by atoms with Gasteiger partial charge in [0.15, 0.2) is 5.96 Å². The molecule has 2 saturated heterocycles. The Bertz CT molecular complexity index is 2180. The van der Waals surface area contributed by atoms with Gasteiger partial charge in [0.05, 0.1) is 13.0 Å². The summed E-state index contributed by atoms with van der Waals surface area (Å²) >= 11 is 0. The van der Waals surface area contributed by atoms with Crippen LogP contribution in [0.1, 0.15) is 117 Å². The summed E-state index contributed by atoms with van der Waals surface area (Å²) in [7, 11) is 2.63. The van der Waals surface area contributed by atoms with Crippen molar-refractivity contribution in [3.05, 3.63) is 35.9 Å². The first-order valence-corrected chi connectivity index (χ1v) is 27.8. The van der Waals surface area contributed by atoms with Gasteiger partial charge < -0.3 is 65.1 Å². The molecule has 10 amide bonds. The molecule has 410 valence electrons. The maximum absolute atomic E-state index is 14.9. The number of hydrogen-bond donors (Lipinski definition) is 11. The van der Waals surface area contributed by atoms with E-state index < -0.39 is 119 Å². The molecule has 2 heterocycles. The Kier molecular flexibility index (Phi) is 24.3. The van der Waals surface area contributed by atoms with E-state index in [4.69, 9.17) is 22.9 Å². The minimum Gasteiger partial charge on any atom is -0.370 e. The van der Waals surface area contributed by atoms with Gasteiger partial charge in [-0.1, -0.05) is 112 Å². The minimum atomic E-state index is -1.64. The molecule has 4 rings (SSSR count). The topological polar surface area (TPSA) is 375 Å². The van der Waals surface area contributed by atoms with Gasteiger partial charge in [-0.05, 0) is 55.9 Å². The van der Waals surface area contributed by atoms with Gasteiger partial charge in [-0.3, -0.25) is 52.9 Å². The van der Waals surface area contributed by atoms with E-state index >= 15 is 0 Å². The Morgan fingerprint density at radius 2 is 1.41 bits per heavy atom. The number of carbonyl (C=O) groups excluding carboxylic acids is 10. The molecule has 25 heteroatoms. The maximum atomic E-state index is 14.9. The largest absolute Gasteiger partial charge is 0.370 e. The fraction of sp³-hybridized carbons (Fsp3) is 0.653. The van der Waals surface area contributed by atoms with Gasteiger partial charge >= 0.3 is 0 Å². The second-order valence-electron chi connectivity index (χ2n) is 19.5. The van der Waals surface area contributed by atoms with Crippen LogP contribution in [0.25, 0.3) is 0 Å². The molecule has 1 aromatic rings. The standard InChI is InChI=1S/C49H77N13O10S2/c1-5-28(3)39-45(70)57-32(23-30-15-9-7-10-16-30)43(68)61-40(29(4)6-2)46(71)58-33(24-36(50)63)42(67)59-34(27-73-74-49(25-38(65)60-39)19-11-8-12-20-49)47(72)62-22-14-18-35(62)44(69)56-31(17-13-21-54-48(52)53)41(66)55-26-37(51)64/h7,9-10,15-16,28-29,31-35,39-40H,5-6,8,11-14,17-27H2,1-4H3,(H2,50,63)(H2,51,64)(H,55,66)(H,56,69)(H,57,70)(H,58,71)(H,59,67)(H,60,65)(H,61,68)(H4,52,53,54)/t28-,29+,31+,32?,33+,34?,35+,39-,40+/m1/s1. The molecule has 1 spiro atoms. The number of benzene rings is 1. The van der Waals surface area contributed by atoms with Gasteiger partial charge in [-0.25, -0.2) is 0 Å². The number of rotatable bonds is 18. The number of nitrogens with one attached hydrogen (secondary N) is 7. The van der Waals surface area contributed by atoms with Gasteiger partial charge in [0, 0.05) is 36.4 Å². The fourth-order valence-electron chi connectivity index (χ4n) is 9.17. The van der Waals surface area contributed by atoms with Gasteiger partial charge in [-0.2, -0.15) is 0 Å². The number of hydrogen-bond acceptors (Lipinski definition) is 13. The molecule has 0 aromatic heterocycles. The maximum Gasteiger partial charge on any atom is 0.246 e. The third-order valence-corrected chi connectivity index (χ3v) is 17.1. The Morgan fingerprint density at radius 3 is 2.01 bits per heavy atom. The smallest absolute Gasteiger partial charge is 0.246 e. The first kappa shape index (κ1) is 60.4. The molecule has 1 aromatic carbocycles. The van der Waals surface area contributed by atoms with E-state index in [0.29, 0.717) is 37.7 Å². The number of likely N-dealkylation sites (tertiary alicyclic amines) is 1. The molecule has 0 bridgehead atoms. The average Bonchev–Trinajstić information content (AvgIpc) is 3.86. The highest BCUT2D eigenvalue weighted by molar-refractivity contribution is 8.77. The number of carbonyl (C=O) groups is 10. The van der Waals surface area contributed by atoms with Crippen molar-refractivity contribution < 1.29 is 47.9 Å². The predicted octanol–water partition coefficient (Wildman–Crippen LogP) is -0.760. The molecule has 15 N–H and O–H groups in total. The monoisotopic (exact) mass is 1070 g/mol. The number of amides is 10. The second kappa shape index (κ2) is 29.7. The molecule has 23 nitrogen and oxygen atoms in total. The summed E-state index contributed by atoms with van der Waals surface area (Å²) in [5.41, 5.74) is 22.5. The zero-order chi connectivity index (χ0) is 54.5. The number of primary amides is 2. The van der Waals surface area contributed by atoms with Crippen molar-refractivity contribution in [1.82, 2.24) is 42.1 Å². The minimum absolute atomic E-state index is 0.0155. The molecule has 0 radical (unpaired) electrons. The van der Waals surface area contributed by atoms with Crippen molar-refractivity contribution in [2.75, 3.05) is 25.4 Å². The lowest BCUT2D eigenvalue weighted by molar-refractivity contribution is -0.142. The molecule has 3 aliphatic rings. The van der Waals surface area contributed by atoms with Crippen LogP contribution in [0.3, 0.4) is 0 Å². The Balaban J connectivity index is 1.75. The summed E-state index contributed by atoms with van der Waals surface area (Å²) in [5.74, 6) is -8.47. The molecule has 74 heavy (non-hydrogen) atoms. The van der Waals surface area contributed by atoms with Crippen molar-refractivity contribution in [3.63, 3.8) is 0 Å². The van der Waals surface area contributed by atoms with Crippen molar-refractivity contribution in [2.45, 2.75) is 165 Å². The molecule has 3 fully saturated rings. The summed E-state index contributed by atoms with van der Waals surface area (Å²) in [6.07, 6.45) is 4.89. The van der Waals surface area contributed by atoms with E-state index in [1.807, 2.05) is 19.9 Å². The van der Waals surface area contributed by atoms with Gasteiger partial charge in [0.1, 0.15) is 42.3 Å². The van der Waals surface area contributed by atoms with Crippen molar-refractivity contribution in [1.29, 1.82) is 0 Å². The Hall–Kier alpha value is -6.11. The highest BCUT2D eigenvalue weighted by Gasteiger charge is 2.43. The van der Waals surface area contributed by atoms with Crippen LogP contribution in [0, 0.1) is 11.8 Å². The SMILES string of the molecule is CC[C@@H](C)[C@H]1NC(=O)CC2(CCCCC2)SSCC(C(=O)N2CCC[C@H]2C(=O)N[C@@H](CCCN=C(N)N)C(=O)NCC(N)=O)NC(=O)[C@H](CC(N)=O)NC(=O)[C@H]([C@@H](C)CC)NC(=O)C(Cc2ccccc2)NC1=O. The number of nitrogens with zero attached hydrogens (tertiary/aromatic N) is 2. The second-order valence-corrected chi connectivity index (χ2v) is 22.3. The lowest BCUT2D eigenvalue weighted by Crippen LogP contribution is -2.62. The van der Waals surface area contributed by atoms with Gasteiger partial charge in [0.2, 0.25) is 59.1 Å². The van der Waals surface area contributed by atoms with Crippen LogP contribution in [0.2, 0.25) is 0 Å². The van der Waals surface area contributed by atoms with E-state index in [1.165, 1.54) is 26.5 Å². The molecule has 1 saturated carbocycles. The van der Waals surface area contributed by atoms with Gasteiger partial charge in [-0.15, -0.1) is 0 Å². The molecule has 2 aliphatic heterocycles. The summed E-state index contributed by atoms with van der Waals surface area (Å²) in [4.78, 5) is 143. The van der Waals surface area contributed by atoms with Crippen LogP contribution in [-0.2, 0) is 54.4 Å². The number of aliphatic imine (C=N–C) groups is 1. The quantitative estimate of drug-likeness (QED) is 0.0373. The molecule has 9 atom stereocenters. The summed E-state index contributed by atoms with van der Waals surface area (Å²) in [6.45, 7) is 6.94. The van der Waals surface area contributed by atoms with E-state index in [0.717, 1.165) is 19.3 Å². The van der Waals surface area contributed by atoms with Crippen molar-refractivity contribution in [2.24, 2.45) is 39.8 Å². The summed E-state index contributed by atoms with van der Waals surface area (Å²) in [5, 5.41) is 19.1. The van der Waals surface area contributed by atoms with Crippen molar-refractivity contribution in [3.8, 4) is 0 Å². The van der Waals surface area contributed by atoms with E-state index in [-0.39, 0.29) is 68.7 Å². The van der Waals surface area contributed by atoms with E-state index in [1.54, 1.807) is 38.1 Å². The highest BCUT2D eigenvalue weighted by Crippen LogP contribution is 2.48. The van der Waals surface area contributed by atoms with E-state index in [9.17, 15) is 47.9 Å². The van der Waals surface area contributed by atoms with Crippen molar-refractivity contribution >= 4 is 86.6 Å². The Morgan fingerprint density at radius 1 is 0.784 bits per heavy atom. The molecule has 1 aliphatic carbocycles. The lowest BCUT2D eigenvalue weighted by atomic mass is 9.85. The normalized spacial score (nSPS) is 24.5. The molecule has 2 unspecified atom stereocenters. The zero-order valence-electron chi connectivity index (χ0n) is 42.9. The fourth-order valence-corrected chi connectivity index (χ4v) is 12.5. The van der Waals surface area contributed by atoms with Crippen LogP contribution in [0.5, 0.6) is 0 Å². The first-order chi connectivity index (χ1) is 35.2. The van der Waals surface area contributed by atoms with Crippen LogP contribution < -0.4 is 60.2 Å². The number of nitrogens with two attached hydrogens (primary N) is 4. The third-order valence-electron chi connectivity index (χ3n) is 13.7. The van der Waals surface area contributed by atoms with Crippen LogP contribution in [-0.4, -0.2) is 142 Å². The number of guanidine groups is 1. The van der Waals surface area contributed by atoms with Crippen LogP contribution >= 0.6 is 21.6 Å². The van der Waals surface area contributed by atoms with E-state index in [2.05, 4.69) is 42.2 Å². The molecular formula is C49H77N13O10S2. The van der Waals surface area contributed by atoms with Crippen LogP contribution in [0.4, 0.5) is 0 Å². The third kappa shape index (κ3) is 18.7. The average molecular weight is 1070 g/mol. The Labute approximate surface area is 440 Å². The summed E-state index contributed by atoms with van der Waals surface area (Å²) < 4.78 is -0.660. The van der Waals surface area contributed by atoms with Crippen LogP contribution in [0.15, 0.2) is 35.3 Å². The lowest BCUT2D eigenvalue weighted by Gasteiger charge is -2.37. The predicted molar refractivity (Wildman–Crippen MR) is 282 cm³/mol. The summed E-state index contributed by atoms with van der Waals surface area (Å²) in [6, 6.07) is 0.110. The zero-order valence-corrected chi connectivity index (χ0v) is 44.5.